The van der Waals surface area contributed by atoms with E-state index in [0.29, 0.717) is 0 Å². The number of aliphatic hydroxyl groups excluding tert-OH is 1. The van der Waals surface area contributed by atoms with Crippen LogP contribution in [-0.4, -0.2) is 41.7 Å². The molecule has 120 valence electrons. The van der Waals surface area contributed by atoms with E-state index >= 15 is 0 Å². The lowest BCUT2D eigenvalue weighted by atomic mass is 10.0. The summed E-state index contributed by atoms with van der Waals surface area (Å²) < 4.78 is 0. The monoisotopic (exact) mass is 302 g/mol. The van der Waals surface area contributed by atoms with E-state index in [1.54, 1.807) is 0 Å². The van der Waals surface area contributed by atoms with Crippen molar-refractivity contribution in [2.75, 3.05) is 25.0 Å². The van der Waals surface area contributed by atoms with E-state index in [1.807, 2.05) is 12.1 Å². The minimum atomic E-state index is -0.474. The minimum Gasteiger partial charge on any atom is -0.392 e. The number of amides is 1. The van der Waals surface area contributed by atoms with Crippen molar-refractivity contribution in [1.29, 1.82) is 0 Å². The van der Waals surface area contributed by atoms with Crippen molar-refractivity contribution in [3.63, 3.8) is 0 Å². The summed E-state index contributed by atoms with van der Waals surface area (Å²) >= 11 is 0. The number of rotatable bonds is 5. The molecule has 1 amide bonds. The van der Waals surface area contributed by atoms with Crippen LogP contribution in [0.25, 0.3) is 0 Å². The number of nitrogens with zero attached hydrogens (tertiary/aromatic N) is 1. The average molecular weight is 302 g/mol. The number of anilines is 1. The van der Waals surface area contributed by atoms with Gasteiger partial charge in [0.25, 0.3) is 0 Å². The Morgan fingerprint density at radius 1 is 1.23 bits per heavy atom. The molecule has 0 radical (unpaired) electrons. The Morgan fingerprint density at radius 2 is 2.05 bits per heavy atom. The van der Waals surface area contributed by atoms with Crippen molar-refractivity contribution in [3.8, 4) is 0 Å². The molecule has 2 N–H and O–H groups in total. The van der Waals surface area contributed by atoms with Gasteiger partial charge in [-0.25, -0.2) is 0 Å². The largest absolute Gasteiger partial charge is 0.392 e. The molecule has 1 aliphatic carbocycles. The predicted octanol–water partition coefficient (Wildman–Crippen LogP) is 2.42. The fourth-order valence-electron chi connectivity index (χ4n) is 3.58. The highest BCUT2D eigenvalue weighted by Gasteiger charge is 2.31. The number of carbonyl (C=O) groups is 1. The van der Waals surface area contributed by atoms with Crippen LogP contribution in [0, 0.1) is 5.92 Å². The second-order valence-corrected chi connectivity index (χ2v) is 6.59. The van der Waals surface area contributed by atoms with Crippen LogP contribution in [0.2, 0.25) is 0 Å². The molecular formula is C18H26N2O2. The summed E-state index contributed by atoms with van der Waals surface area (Å²) in [6.45, 7) is 3.53. The standard InChI is InChI=1S/C18H26N2O2/c21-17-8-4-7-16(17)18(22)19-15-6-3-5-14(13-15)9-12-20-10-1-2-11-20/h3,5-6,13,16-17,21H,1-2,4,7-12H2,(H,19,22). The van der Waals surface area contributed by atoms with Gasteiger partial charge in [-0.1, -0.05) is 12.1 Å². The van der Waals surface area contributed by atoms with E-state index in [0.717, 1.165) is 37.9 Å². The van der Waals surface area contributed by atoms with Gasteiger partial charge in [0.15, 0.2) is 0 Å². The summed E-state index contributed by atoms with van der Waals surface area (Å²) in [5.74, 6) is -0.282. The Hall–Kier alpha value is -1.39. The second-order valence-electron chi connectivity index (χ2n) is 6.59. The van der Waals surface area contributed by atoms with Gasteiger partial charge < -0.3 is 15.3 Å². The molecule has 2 aliphatic rings. The normalized spacial score (nSPS) is 25.5. The molecule has 0 aromatic heterocycles. The maximum Gasteiger partial charge on any atom is 0.230 e. The summed E-state index contributed by atoms with van der Waals surface area (Å²) in [6.07, 6.45) is 5.67. The topological polar surface area (TPSA) is 52.6 Å². The highest BCUT2D eigenvalue weighted by Crippen LogP contribution is 2.27. The zero-order valence-electron chi connectivity index (χ0n) is 13.1. The molecular weight excluding hydrogens is 276 g/mol. The predicted molar refractivity (Wildman–Crippen MR) is 87.8 cm³/mol. The number of likely N-dealkylation sites (tertiary alicyclic amines) is 1. The van der Waals surface area contributed by atoms with E-state index in [-0.39, 0.29) is 11.8 Å². The lowest BCUT2D eigenvalue weighted by Crippen LogP contribution is -2.28. The van der Waals surface area contributed by atoms with Crippen molar-refractivity contribution in [3.05, 3.63) is 29.8 Å². The van der Waals surface area contributed by atoms with Crippen molar-refractivity contribution in [2.24, 2.45) is 5.92 Å². The Balaban J connectivity index is 1.55. The quantitative estimate of drug-likeness (QED) is 0.878. The summed E-state index contributed by atoms with van der Waals surface area (Å²) in [4.78, 5) is 14.7. The number of hydrogen-bond donors (Lipinski definition) is 2. The van der Waals surface area contributed by atoms with Gasteiger partial charge in [-0.05, 0) is 69.3 Å². The highest BCUT2D eigenvalue weighted by molar-refractivity contribution is 5.93. The van der Waals surface area contributed by atoms with Crippen molar-refractivity contribution in [2.45, 2.75) is 44.6 Å². The Labute approximate surface area is 132 Å². The van der Waals surface area contributed by atoms with Gasteiger partial charge in [-0.2, -0.15) is 0 Å². The van der Waals surface area contributed by atoms with Gasteiger partial charge in [-0.15, -0.1) is 0 Å². The van der Waals surface area contributed by atoms with E-state index in [2.05, 4.69) is 22.3 Å². The maximum atomic E-state index is 12.2. The molecule has 1 heterocycles. The van der Waals surface area contributed by atoms with Gasteiger partial charge >= 0.3 is 0 Å². The van der Waals surface area contributed by atoms with Crippen LogP contribution < -0.4 is 5.32 Å². The Kier molecular flexibility index (Phi) is 5.11. The van der Waals surface area contributed by atoms with Crippen LogP contribution in [0.1, 0.15) is 37.7 Å². The summed E-state index contributed by atoms with van der Waals surface area (Å²) in [5.41, 5.74) is 2.11. The fraction of sp³-hybridized carbons (Fsp3) is 0.611. The maximum absolute atomic E-state index is 12.2. The van der Waals surface area contributed by atoms with E-state index in [1.165, 1.54) is 31.5 Å². The smallest absolute Gasteiger partial charge is 0.230 e. The van der Waals surface area contributed by atoms with Crippen LogP contribution in [0.5, 0.6) is 0 Å². The first-order valence-corrected chi connectivity index (χ1v) is 8.52. The molecule has 4 nitrogen and oxygen atoms in total. The molecule has 1 aromatic rings. The number of benzene rings is 1. The molecule has 2 fully saturated rings. The summed E-state index contributed by atoms with van der Waals surface area (Å²) in [6, 6.07) is 8.12. The third-order valence-electron chi connectivity index (χ3n) is 4.93. The number of nitrogens with one attached hydrogen (secondary N) is 1. The molecule has 2 unspecified atom stereocenters. The molecule has 1 aliphatic heterocycles. The lowest BCUT2D eigenvalue weighted by molar-refractivity contribution is -0.122. The van der Waals surface area contributed by atoms with Crippen LogP contribution in [0.3, 0.4) is 0 Å². The van der Waals surface area contributed by atoms with Gasteiger partial charge in [-0.3, -0.25) is 4.79 Å². The van der Waals surface area contributed by atoms with Crippen LogP contribution in [0.4, 0.5) is 5.69 Å². The number of carbonyl (C=O) groups excluding carboxylic acids is 1. The molecule has 0 spiro atoms. The van der Waals surface area contributed by atoms with Crippen molar-refractivity contribution >= 4 is 11.6 Å². The molecule has 4 heteroatoms. The summed E-state index contributed by atoms with van der Waals surface area (Å²) in [5, 5.41) is 12.8. The van der Waals surface area contributed by atoms with Crippen molar-refractivity contribution < 1.29 is 9.90 Å². The first-order chi connectivity index (χ1) is 10.7. The molecule has 3 rings (SSSR count). The zero-order valence-corrected chi connectivity index (χ0v) is 13.1. The third kappa shape index (κ3) is 3.87. The average Bonchev–Trinajstić information content (AvgIpc) is 3.16. The Bertz CT molecular complexity index is 512. The van der Waals surface area contributed by atoms with E-state index in [4.69, 9.17) is 0 Å². The van der Waals surface area contributed by atoms with Crippen molar-refractivity contribution in [1.82, 2.24) is 4.90 Å². The first-order valence-electron chi connectivity index (χ1n) is 8.52. The SMILES string of the molecule is O=C(Nc1cccc(CCN2CCCC2)c1)C1CCCC1O. The third-order valence-corrected chi connectivity index (χ3v) is 4.93. The van der Waals surface area contributed by atoms with Crippen LogP contribution >= 0.6 is 0 Å². The van der Waals surface area contributed by atoms with Crippen LogP contribution in [0.15, 0.2) is 24.3 Å². The first kappa shape index (κ1) is 15.5. The molecule has 1 aromatic carbocycles. The zero-order chi connectivity index (χ0) is 15.4. The van der Waals surface area contributed by atoms with Gasteiger partial charge in [0.05, 0.1) is 12.0 Å². The van der Waals surface area contributed by atoms with Gasteiger partial charge in [0.2, 0.25) is 5.91 Å². The minimum absolute atomic E-state index is 0.0401. The summed E-state index contributed by atoms with van der Waals surface area (Å²) in [7, 11) is 0. The molecule has 1 saturated heterocycles. The highest BCUT2D eigenvalue weighted by atomic mass is 16.3. The van der Waals surface area contributed by atoms with Gasteiger partial charge in [0.1, 0.15) is 0 Å². The number of aliphatic hydroxyl groups is 1. The Morgan fingerprint density at radius 3 is 2.77 bits per heavy atom. The molecule has 22 heavy (non-hydrogen) atoms. The van der Waals surface area contributed by atoms with Gasteiger partial charge in [0, 0.05) is 12.2 Å². The number of hydrogen-bond acceptors (Lipinski definition) is 3. The van der Waals surface area contributed by atoms with E-state index in [9.17, 15) is 9.90 Å². The molecule has 0 bridgehead atoms. The molecule has 1 saturated carbocycles. The van der Waals surface area contributed by atoms with Crippen LogP contribution in [-0.2, 0) is 11.2 Å². The van der Waals surface area contributed by atoms with E-state index < -0.39 is 6.10 Å². The fourth-order valence-corrected chi connectivity index (χ4v) is 3.58. The lowest BCUT2D eigenvalue weighted by Gasteiger charge is -2.16. The second kappa shape index (κ2) is 7.25. The molecule has 2 atom stereocenters.